The molecule has 0 spiro atoms. The molecule has 2 fully saturated rings. The molecule has 80 heavy (non-hydrogen) atoms. The summed E-state index contributed by atoms with van der Waals surface area (Å²) >= 11 is 0. The number of carbonyl (C=O) groups is 3. The molecule has 14 atom stereocenters. The monoisotopic (exact) mass is 1200 g/mol. The first-order valence-corrected chi connectivity index (χ1v) is 25.3. The van der Waals surface area contributed by atoms with Crippen LogP contribution in [-0.4, -0.2) is 359 Å². The average molecular weight is 1200 g/mol. The topological polar surface area (TPSA) is 488 Å². The number of aliphatic hydroxyl groups is 15. The van der Waals surface area contributed by atoms with Gasteiger partial charge in [0, 0.05) is 13.0 Å². The summed E-state index contributed by atoms with van der Waals surface area (Å²) < 4.78 is 36.3. The van der Waals surface area contributed by atoms with Crippen LogP contribution in [0.3, 0.4) is 0 Å². The molecule has 2 aliphatic rings. The number of carboxylic acid groups (broad SMARTS) is 3. The second kappa shape index (κ2) is 47.5. The minimum Gasteiger partial charge on any atom is -0.544 e. The van der Waals surface area contributed by atoms with Gasteiger partial charge in [-0.05, 0) is 13.8 Å². The third-order valence-corrected chi connectivity index (χ3v) is 12.9. The van der Waals surface area contributed by atoms with Crippen molar-refractivity contribution >= 4 is 17.9 Å². The Morgan fingerprint density at radius 1 is 0.512 bits per heavy atom. The number of carboxylic acids is 3. The van der Waals surface area contributed by atoms with E-state index >= 15 is 0 Å². The summed E-state index contributed by atoms with van der Waals surface area (Å²) in [6, 6.07) is 0. The second-order valence-electron chi connectivity index (χ2n) is 19.4. The number of carbonyl (C=O) groups excluding carboxylic acids is 3. The molecule has 0 radical (unpaired) electrons. The van der Waals surface area contributed by atoms with Gasteiger partial charge in [0.2, 0.25) is 0 Å². The summed E-state index contributed by atoms with van der Waals surface area (Å²) in [4.78, 5) is 32.7. The Kier molecular flexibility index (Phi) is 51.5. The van der Waals surface area contributed by atoms with Crippen LogP contribution in [0.4, 0.5) is 0 Å². The zero-order valence-electron chi connectivity index (χ0n) is 47.6. The van der Waals surface area contributed by atoms with Crippen molar-refractivity contribution in [3.8, 4) is 0 Å². The van der Waals surface area contributed by atoms with E-state index in [1.54, 1.807) is 6.92 Å². The Morgan fingerprint density at radius 3 is 1.23 bits per heavy atom. The first-order valence-electron chi connectivity index (χ1n) is 25.3. The van der Waals surface area contributed by atoms with Crippen molar-refractivity contribution in [3.05, 3.63) is 0 Å². The van der Waals surface area contributed by atoms with Gasteiger partial charge in [-0.1, -0.05) is 6.92 Å². The van der Waals surface area contributed by atoms with Crippen molar-refractivity contribution in [2.75, 3.05) is 172 Å². The molecule has 0 aromatic heterocycles. The number of likely N-dealkylation sites (N-methyl/N-ethyl adjacent to an activating group) is 1. The van der Waals surface area contributed by atoms with Gasteiger partial charge in [0.1, 0.15) is 127 Å². The molecule has 31 nitrogen and oxygen atoms in total. The summed E-state index contributed by atoms with van der Waals surface area (Å²) in [7, 11) is 1.40. The number of nitrogens with zero attached hydrogens (tertiary/aromatic N) is 3. The van der Waals surface area contributed by atoms with Gasteiger partial charge in [-0.3, -0.25) is 0 Å². The maximum atomic E-state index is 11.1. The van der Waals surface area contributed by atoms with E-state index < -0.39 is 136 Å². The van der Waals surface area contributed by atoms with Gasteiger partial charge in [-0.2, -0.15) is 0 Å². The van der Waals surface area contributed by atoms with Gasteiger partial charge in [0.25, 0.3) is 0 Å². The van der Waals surface area contributed by atoms with Crippen molar-refractivity contribution in [3.63, 3.8) is 0 Å². The number of rotatable bonds is 39. The van der Waals surface area contributed by atoms with E-state index in [4.69, 9.17) is 43.4 Å². The number of quaternary nitrogens is 3. The van der Waals surface area contributed by atoms with Crippen molar-refractivity contribution < 1.29 is 242 Å². The summed E-state index contributed by atoms with van der Waals surface area (Å²) in [5.41, 5.74) is 0. The summed E-state index contributed by atoms with van der Waals surface area (Å²) in [6.45, 7) is 1.66. The first-order chi connectivity index (χ1) is 36.2. The van der Waals surface area contributed by atoms with Crippen LogP contribution < -0.4 is 104 Å². The van der Waals surface area contributed by atoms with Crippen molar-refractivity contribution in [1.82, 2.24) is 0 Å². The summed E-state index contributed by atoms with van der Waals surface area (Å²) in [6.07, 6.45) is -15.7. The minimum atomic E-state index is -1.72. The van der Waals surface area contributed by atoms with Gasteiger partial charge < -0.3 is 153 Å². The van der Waals surface area contributed by atoms with E-state index in [0.29, 0.717) is 19.6 Å². The van der Waals surface area contributed by atoms with E-state index in [1.807, 2.05) is 6.92 Å². The van der Waals surface area contributed by atoms with Gasteiger partial charge >= 0.3 is 88.7 Å². The molecule has 34 heteroatoms. The van der Waals surface area contributed by atoms with Gasteiger partial charge in [0.15, 0.2) is 12.6 Å². The van der Waals surface area contributed by atoms with Gasteiger partial charge in [-0.25, -0.2) is 0 Å². The van der Waals surface area contributed by atoms with Crippen molar-refractivity contribution in [2.45, 2.75) is 100 Å². The van der Waals surface area contributed by atoms with Crippen LogP contribution in [0.25, 0.3) is 0 Å². The third kappa shape index (κ3) is 34.1. The normalized spacial score (nSPS) is 24.6. The molecule has 0 aromatic rings. The van der Waals surface area contributed by atoms with Crippen LogP contribution in [0.5, 0.6) is 0 Å². The molecule has 2 aliphatic heterocycles. The quantitative estimate of drug-likeness (QED) is 0.0201. The fourth-order valence-electron chi connectivity index (χ4n) is 8.89. The van der Waals surface area contributed by atoms with Crippen LogP contribution >= 0.6 is 0 Å². The Hall–Kier alpha value is 0.410. The van der Waals surface area contributed by atoms with E-state index in [9.17, 15) is 96.1 Å². The molecule has 2 rings (SSSR count). The van der Waals surface area contributed by atoms with Crippen LogP contribution in [0, 0.1) is 5.92 Å². The van der Waals surface area contributed by atoms with Crippen LogP contribution in [0.2, 0.25) is 0 Å². The summed E-state index contributed by atoms with van der Waals surface area (Å²) in [5.74, 6) is -4.59. The molecule has 0 aliphatic carbocycles. The Balaban J connectivity index is -0.000000575. The molecular formula is C46H91N3Na3O28+3. The fraction of sp³-hybridized carbons (Fsp3) is 0.935. The Morgan fingerprint density at radius 2 is 0.863 bits per heavy atom. The molecule has 0 amide bonds. The van der Waals surface area contributed by atoms with Gasteiger partial charge in [0.05, 0.1) is 123 Å². The van der Waals surface area contributed by atoms with Gasteiger partial charge in [-0.15, -0.1) is 0 Å². The van der Waals surface area contributed by atoms with E-state index in [1.165, 1.54) is 14.0 Å². The molecule has 0 saturated carbocycles. The number of hydrogen-bond donors (Lipinski definition) is 15. The first kappa shape index (κ1) is 86.8. The molecule has 0 aromatic carbocycles. The van der Waals surface area contributed by atoms with E-state index in [2.05, 4.69) is 0 Å². The maximum absolute atomic E-state index is 11.1. The number of methoxy groups -OCH3 is 1. The molecule has 14 unspecified atom stereocenters. The third-order valence-electron chi connectivity index (χ3n) is 12.9. The standard InChI is InChI=1S/C19H37NO13.C19H37NO11.C8H17NO4.3Na/c1-30-8-13(24)9-31-11-14-16(27)18(17(28)19(29)33-14)32-10-12(23)6-20(2-4-21,3-5-22)7-15(25)26;1-12(23)9-29-11-15-17(27)18(13(2)19(28)31-15)30-10-14(24)7-20(3-5-21,4-6-22)8-16(25)26;1-2-9(3-5-10,4-6-11)7-8(12)13;;;/h12-14,16-19,21-24,27-29H,2-11H2,1H3;12-15,17-19,21-24,27-28H,3-11H2,1-2H3;10-11H,2-7H2,1H3;;;/q;;;3*+1. The molecule has 2 saturated heterocycles. The predicted octanol–water partition coefficient (Wildman–Crippen LogP) is -22.3. The maximum Gasteiger partial charge on any atom is 1.00 e. The predicted molar refractivity (Wildman–Crippen MR) is 254 cm³/mol. The zero-order valence-corrected chi connectivity index (χ0v) is 53.6. The van der Waals surface area contributed by atoms with E-state index in [-0.39, 0.29) is 214 Å². The number of hydrogen-bond acceptors (Lipinski definition) is 28. The van der Waals surface area contributed by atoms with Crippen LogP contribution in [0.15, 0.2) is 0 Å². The fourth-order valence-corrected chi connectivity index (χ4v) is 8.89. The molecule has 458 valence electrons. The minimum absolute atomic E-state index is 0. The molecule has 2 heterocycles. The average Bonchev–Trinajstić information content (AvgIpc) is 3.32. The Bertz CT molecular complexity index is 1560. The van der Waals surface area contributed by atoms with Crippen molar-refractivity contribution in [1.29, 1.82) is 0 Å². The summed E-state index contributed by atoms with van der Waals surface area (Å²) in [5, 5.41) is 178. The SMILES string of the molecule is CC(O)COCC1OC(O)C(C)C(OCC(O)C[N+](CCO)(CCO)CC(=O)[O-])C1O.CC[N+](CCO)(CCO)CC(=O)[O-].COCC(O)COCC1OC(O)C(O)C(OCC(O)C[N+](CCO)(CCO)CC(=O)[O-])C1O.[Na+].[Na+].[Na+]. The zero-order chi connectivity index (χ0) is 58.9. The van der Waals surface area contributed by atoms with Crippen molar-refractivity contribution in [2.24, 2.45) is 5.92 Å². The van der Waals surface area contributed by atoms with Crippen LogP contribution in [0.1, 0.15) is 20.8 Å². The number of ether oxygens (including phenoxy) is 7. The largest absolute Gasteiger partial charge is 1.00 e. The number of aliphatic carboxylic acids is 3. The van der Waals surface area contributed by atoms with Crippen LogP contribution in [-0.2, 0) is 47.5 Å². The number of aliphatic hydroxyl groups excluding tert-OH is 15. The molecule has 0 bridgehead atoms. The molecule has 15 N–H and O–H groups in total. The van der Waals surface area contributed by atoms with E-state index in [0.717, 1.165) is 0 Å². The smallest absolute Gasteiger partial charge is 0.544 e. The Labute approximate surface area is 533 Å². The second-order valence-corrected chi connectivity index (χ2v) is 19.4. The molecular weight excluding hydrogens is 1110 g/mol.